The van der Waals surface area contributed by atoms with E-state index < -0.39 is 17.5 Å². The summed E-state index contributed by atoms with van der Waals surface area (Å²) in [6.45, 7) is 0. The van der Waals surface area contributed by atoms with E-state index in [9.17, 15) is 14.4 Å². The van der Waals surface area contributed by atoms with Crippen molar-refractivity contribution >= 4 is 45.9 Å². The Morgan fingerprint density at radius 3 is 2.38 bits per heavy atom. The molecule has 3 aromatic rings. The molecule has 1 atom stereocenters. The second-order valence-corrected chi connectivity index (χ2v) is 7.06. The van der Waals surface area contributed by atoms with Crippen molar-refractivity contribution in [2.24, 2.45) is 0 Å². The van der Waals surface area contributed by atoms with E-state index in [1.807, 2.05) is 0 Å². The number of rotatable bonds is 6. The fraction of sp³-hybridized carbons (Fsp3) is 0.190. The molecular formula is C21H16Cl2O6. The maximum Gasteiger partial charge on any atom is 0.336 e. The molecule has 150 valence electrons. The zero-order chi connectivity index (χ0) is 21.1. The molecule has 0 saturated heterocycles. The molecule has 8 heteroatoms. The van der Waals surface area contributed by atoms with Crippen molar-refractivity contribution in [2.75, 3.05) is 14.2 Å². The average Bonchev–Trinajstić information content (AvgIpc) is 2.71. The highest BCUT2D eigenvalue weighted by Gasteiger charge is 2.28. The van der Waals surface area contributed by atoms with Crippen molar-refractivity contribution in [3.8, 4) is 5.75 Å². The lowest BCUT2D eigenvalue weighted by molar-refractivity contribution is -0.142. The molecule has 0 spiro atoms. The summed E-state index contributed by atoms with van der Waals surface area (Å²) in [5, 5.41) is 1.17. The molecule has 0 N–H and O–H groups in total. The minimum absolute atomic E-state index is 0.182. The van der Waals surface area contributed by atoms with Crippen LogP contribution in [0, 0.1) is 0 Å². The van der Waals surface area contributed by atoms with Crippen molar-refractivity contribution in [1.82, 2.24) is 0 Å². The first kappa shape index (κ1) is 20.9. The number of methoxy groups -OCH3 is 2. The molecule has 2 aromatic carbocycles. The van der Waals surface area contributed by atoms with Crippen molar-refractivity contribution in [2.45, 2.75) is 12.3 Å². The van der Waals surface area contributed by atoms with Crippen LogP contribution in [0.2, 0.25) is 10.0 Å². The second-order valence-electron chi connectivity index (χ2n) is 6.21. The van der Waals surface area contributed by atoms with Crippen LogP contribution in [-0.4, -0.2) is 26.0 Å². The van der Waals surface area contributed by atoms with Gasteiger partial charge in [-0.1, -0.05) is 23.2 Å². The highest BCUT2D eigenvalue weighted by atomic mass is 35.5. The minimum atomic E-state index is -1.03. The van der Waals surface area contributed by atoms with Gasteiger partial charge in [0.25, 0.3) is 0 Å². The van der Waals surface area contributed by atoms with E-state index in [-0.39, 0.29) is 28.4 Å². The number of hydrogen-bond donors (Lipinski definition) is 0. The van der Waals surface area contributed by atoms with Gasteiger partial charge in [0.05, 0.1) is 25.2 Å². The van der Waals surface area contributed by atoms with E-state index in [4.69, 9.17) is 37.1 Å². The van der Waals surface area contributed by atoms with Gasteiger partial charge in [-0.3, -0.25) is 9.59 Å². The van der Waals surface area contributed by atoms with Crippen LogP contribution in [0.5, 0.6) is 5.75 Å². The fourth-order valence-electron chi connectivity index (χ4n) is 3.03. The van der Waals surface area contributed by atoms with Crippen LogP contribution in [0.15, 0.2) is 51.7 Å². The molecule has 0 fully saturated rings. The molecule has 29 heavy (non-hydrogen) atoms. The molecule has 0 radical (unpaired) electrons. The lowest BCUT2D eigenvalue weighted by Crippen LogP contribution is -2.20. The summed E-state index contributed by atoms with van der Waals surface area (Å²) in [5.74, 6) is -1.69. The van der Waals surface area contributed by atoms with E-state index >= 15 is 0 Å². The number of fused-ring (bicyclic) bond motifs is 1. The summed E-state index contributed by atoms with van der Waals surface area (Å²) < 4.78 is 15.2. The Kier molecular flexibility index (Phi) is 6.25. The first-order chi connectivity index (χ1) is 13.8. The molecule has 0 bridgehead atoms. The highest BCUT2D eigenvalue weighted by molar-refractivity contribution is 6.33. The largest absolute Gasteiger partial charge is 0.495 e. The molecule has 0 amide bonds. The molecule has 0 aliphatic carbocycles. The van der Waals surface area contributed by atoms with Gasteiger partial charge in [-0.25, -0.2) is 4.79 Å². The zero-order valence-electron chi connectivity index (χ0n) is 15.5. The fourth-order valence-corrected chi connectivity index (χ4v) is 3.40. The molecule has 0 saturated carbocycles. The summed E-state index contributed by atoms with van der Waals surface area (Å²) in [7, 11) is 2.64. The third kappa shape index (κ3) is 4.44. The number of carbonyl (C=O) groups excluding carboxylic acids is 2. The van der Waals surface area contributed by atoms with Gasteiger partial charge in [0, 0.05) is 34.5 Å². The van der Waals surface area contributed by atoms with Gasteiger partial charge in [-0.2, -0.15) is 0 Å². The topological polar surface area (TPSA) is 82.8 Å². The van der Waals surface area contributed by atoms with Crippen LogP contribution in [-0.2, 0) is 9.53 Å². The van der Waals surface area contributed by atoms with Crippen LogP contribution in [0.25, 0.3) is 11.0 Å². The van der Waals surface area contributed by atoms with Crippen LogP contribution in [0.3, 0.4) is 0 Å². The van der Waals surface area contributed by atoms with E-state index in [1.165, 1.54) is 32.4 Å². The Morgan fingerprint density at radius 2 is 1.76 bits per heavy atom. The smallest absolute Gasteiger partial charge is 0.336 e. The Balaban J connectivity index is 2.11. The SMILES string of the molecule is COC(=O)[C@@H](CC(=O)c1ccc(Cl)cc1)c1cc(=O)oc2cc(OC)c(Cl)cc12. The number of esters is 1. The number of Topliss-reactive ketones (excluding diaryl/α,β-unsaturated/α-hetero) is 1. The maximum absolute atomic E-state index is 12.7. The molecule has 0 aliphatic heterocycles. The maximum atomic E-state index is 12.7. The second kappa shape index (κ2) is 8.68. The van der Waals surface area contributed by atoms with Gasteiger partial charge in [0.2, 0.25) is 0 Å². The first-order valence-corrected chi connectivity index (χ1v) is 9.27. The van der Waals surface area contributed by atoms with E-state index in [0.717, 1.165) is 0 Å². The molecule has 6 nitrogen and oxygen atoms in total. The quantitative estimate of drug-likeness (QED) is 0.319. The van der Waals surface area contributed by atoms with Gasteiger partial charge in [0.1, 0.15) is 11.3 Å². The van der Waals surface area contributed by atoms with Crippen LogP contribution in [0.1, 0.15) is 28.3 Å². The van der Waals surface area contributed by atoms with E-state index in [0.29, 0.717) is 21.7 Å². The summed E-state index contributed by atoms with van der Waals surface area (Å²) in [6.07, 6.45) is -0.212. The summed E-state index contributed by atoms with van der Waals surface area (Å²) in [4.78, 5) is 37.4. The van der Waals surface area contributed by atoms with Gasteiger partial charge in [-0.15, -0.1) is 0 Å². The number of halogens is 2. The molecule has 1 aromatic heterocycles. The molecule has 0 aliphatic rings. The van der Waals surface area contributed by atoms with E-state index in [2.05, 4.69) is 0 Å². The predicted octanol–water partition coefficient (Wildman–Crippen LogP) is 4.64. The predicted molar refractivity (Wildman–Crippen MR) is 109 cm³/mol. The molecule has 0 unspecified atom stereocenters. The van der Waals surface area contributed by atoms with Gasteiger partial charge in [-0.05, 0) is 35.9 Å². The summed E-state index contributed by atoms with van der Waals surface area (Å²) >= 11 is 12.1. The van der Waals surface area contributed by atoms with Crippen molar-refractivity contribution in [1.29, 1.82) is 0 Å². The van der Waals surface area contributed by atoms with Crippen molar-refractivity contribution < 1.29 is 23.5 Å². The van der Waals surface area contributed by atoms with Gasteiger partial charge in [0.15, 0.2) is 5.78 Å². The van der Waals surface area contributed by atoms with Crippen LogP contribution in [0.4, 0.5) is 0 Å². The minimum Gasteiger partial charge on any atom is -0.495 e. The summed E-state index contributed by atoms with van der Waals surface area (Å²) in [6, 6.07) is 10.5. The summed E-state index contributed by atoms with van der Waals surface area (Å²) in [5.41, 5.74) is 0.177. The number of ketones is 1. The van der Waals surface area contributed by atoms with Crippen molar-refractivity contribution in [3.05, 3.63) is 74.1 Å². The Hall–Kier alpha value is -2.83. The third-order valence-electron chi connectivity index (χ3n) is 4.47. The molecular weight excluding hydrogens is 419 g/mol. The lowest BCUT2D eigenvalue weighted by Gasteiger charge is -2.16. The van der Waals surface area contributed by atoms with Gasteiger partial charge >= 0.3 is 11.6 Å². The Labute approximate surface area is 175 Å². The lowest BCUT2D eigenvalue weighted by atomic mass is 9.89. The number of benzene rings is 2. The highest BCUT2D eigenvalue weighted by Crippen LogP contribution is 2.35. The number of hydrogen-bond acceptors (Lipinski definition) is 6. The zero-order valence-corrected chi connectivity index (χ0v) is 17.0. The Morgan fingerprint density at radius 1 is 1.07 bits per heavy atom. The standard InChI is InChI=1S/C21H16Cl2O6/c1-27-19-10-18-14(7-16(19)23)13(9-20(25)29-18)15(21(26)28-2)8-17(24)11-3-5-12(22)6-4-11/h3-7,9-10,15H,8H2,1-2H3/t15-/m0/s1. The number of carbonyl (C=O) groups is 2. The van der Waals surface area contributed by atoms with E-state index in [1.54, 1.807) is 24.3 Å². The molecule has 3 rings (SSSR count). The number of ether oxygens (including phenoxy) is 2. The molecule has 1 heterocycles. The normalized spacial score (nSPS) is 11.9. The van der Waals surface area contributed by atoms with Crippen molar-refractivity contribution in [3.63, 3.8) is 0 Å². The van der Waals surface area contributed by atoms with Crippen LogP contribution < -0.4 is 10.4 Å². The monoisotopic (exact) mass is 434 g/mol. The van der Waals surface area contributed by atoms with Gasteiger partial charge < -0.3 is 13.9 Å². The third-order valence-corrected chi connectivity index (χ3v) is 5.01. The average molecular weight is 435 g/mol. The first-order valence-electron chi connectivity index (χ1n) is 8.52. The Bertz CT molecular complexity index is 1130. The van der Waals surface area contributed by atoms with Crippen LogP contribution >= 0.6 is 23.2 Å².